The van der Waals surface area contributed by atoms with Crippen LogP contribution in [0.5, 0.6) is 0 Å². The second-order valence-corrected chi connectivity index (χ2v) is 9.82. The lowest BCUT2D eigenvalue weighted by Gasteiger charge is -2.25. The molecule has 3 rings (SSSR count). The summed E-state index contributed by atoms with van der Waals surface area (Å²) in [6.07, 6.45) is 14.3. The molecule has 0 bridgehead atoms. The molecule has 1 aromatic heterocycles. The lowest BCUT2D eigenvalue weighted by Crippen LogP contribution is -2.28. The second-order valence-electron chi connectivity index (χ2n) is 7.31. The van der Waals surface area contributed by atoms with Gasteiger partial charge in [-0.2, -0.15) is 10.0 Å². The molecule has 0 aliphatic heterocycles. The SMILES string of the molecule is CC(C)=C1C=CC(N(I)c2ccnc(N(O)C3=CC(S(C)=O)C(C)C=C3)n2)=CC1=N. The Hall–Kier alpha value is -2.11. The van der Waals surface area contributed by atoms with E-state index in [2.05, 4.69) is 32.8 Å². The molecule has 0 saturated carbocycles. The third kappa shape index (κ3) is 4.79. The first kappa shape index (κ1) is 22.6. The summed E-state index contributed by atoms with van der Waals surface area (Å²) in [5, 5.41) is 19.6. The molecule has 1 heterocycles. The molecular formula is C21H24IN5O2S. The fraction of sp³-hybridized carbons (Fsp3) is 0.286. The average molecular weight is 537 g/mol. The lowest BCUT2D eigenvalue weighted by atomic mass is 10.00. The van der Waals surface area contributed by atoms with Crippen LogP contribution in [0.15, 0.2) is 71.3 Å². The fourth-order valence-electron chi connectivity index (χ4n) is 3.16. The van der Waals surface area contributed by atoms with Crippen LogP contribution in [0.2, 0.25) is 0 Å². The van der Waals surface area contributed by atoms with Crippen LogP contribution in [0.1, 0.15) is 20.8 Å². The minimum Gasteiger partial charge on any atom is -0.300 e. The monoisotopic (exact) mass is 537 g/mol. The summed E-state index contributed by atoms with van der Waals surface area (Å²) in [6, 6.07) is 1.73. The molecule has 9 heteroatoms. The Kier molecular flexibility index (Phi) is 7.04. The summed E-state index contributed by atoms with van der Waals surface area (Å²) in [4.78, 5) is 8.64. The first-order valence-electron chi connectivity index (χ1n) is 9.35. The Balaban J connectivity index is 1.86. The molecule has 0 fully saturated rings. The molecular weight excluding hydrogens is 513 g/mol. The van der Waals surface area contributed by atoms with E-state index in [0.29, 0.717) is 17.2 Å². The molecule has 7 nitrogen and oxygen atoms in total. The highest BCUT2D eigenvalue weighted by molar-refractivity contribution is 14.1. The second kappa shape index (κ2) is 9.36. The molecule has 0 spiro atoms. The Morgan fingerprint density at radius 2 is 2.00 bits per heavy atom. The van der Waals surface area contributed by atoms with Gasteiger partial charge in [0.2, 0.25) is 0 Å². The van der Waals surface area contributed by atoms with E-state index in [1.165, 1.54) is 0 Å². The van der Waals surface area contributed by atoms with Gasteiger partial charge in [-0.05, 0) is 49.6 Å². The quantitative estimate of drug-likeness (QED) is 0.327. The highest BCUT2D eigenvalue weighted by Crippen LogP contribution is 2.29. The van der Waals surface area contributed by atoms with E-state index in [-0.39, 0.29) is 17.1 Å². The van der Waals surface area contributed by atoms with Crippen LogP contribution in [0, 0.1) is 11.3 Å². The van der Waals surface area contributed by atoms with E-state index in [1.54, 1.807) is 39.9 Å². The van der Waals surface area contributed by atoms with Crippen LogP contribution in [-0.2, 0) is 10.8 Å². The van der Waals surface area contributed by atoms with E-state index >= 15 is 0 Å². The van der Waals surface area contributed by atoms with Crippen LogP contribution in [0.4, 0.5) is 11.8 Å². The van der Waals surface area contributed by atoms with Crippen molar-refractivity contribution in [1.29, 1.82) is 5.41 Å². The molecule has 3 unspecified atom stereocenters. The van der Waals surface area contributed by atoms with Gasteiger partial charge in [-0.15, -0.1) is 0 Å². The Morgan fingerprint density at radius 1 is 1.27 bits per heavy atom. The zero-order valence-corrected chi connectivity index (χ0v) is 20.2. The molecule has 158 valence electrons. The third-order valence-electron chi connectivity index (χ3n) is 4.84. The molecule has 3 atom stereocenters. The number of hydrogen-bond acceptors (Lipinski definition) is 7. The van der Waals surface area contributed by atoms with E-state index in [9.17, 15) is 9.42 Å². The van der Waals surface area contributed by atoms with Crippen LogP contribution in [0.3, 0.4) is 0 Å². The number of anilines is 2. The molecule has 0 amide bonds. The molecule has 1 aromatic rings. The van der Waals surface area contributed by atoms with Gasteiger partial charge in [-0.1, -0.05) is 24.6 Å². The number of halogens is 1. The van der Waals surface area contributed by atoms with Crippen LogP contribution < -0.4 is 8.18 Å². The lowest BCUT2D eigenvalue weighted by molar-refractivity contribution is 0.279. The van der Waals surface area contributed by atoms with Gasteiger partial charge in [0.1, 0.15) is 5.82 Å². The molecule has 0 aromatic carbocycles. The Morgan fingerprint density at radius 3 is 2.63 bits per heavy atom. The molecule has 2 N–H and O–H groups in total. The first-order chi connectivity index (χ1) is 14.2. The van der Waals surface area contributed by atoms with Crippen molar-refractivity contribution in [3.05, 3.63) is 71.3 Å². The van der Waals surface area contributed by atoms with E-state index < -0.39 is 10.8 Å². The van der Waals surface area contributed by atoms with Crippen molar-refractivity contribution in [2.24, 2.45) is 5.92 Å². The van der Waals surface area contributed by atoms with Crippen LogP contribution in [-0.4, -0.2) is 36.6 Å². The zero-order valence-electron chi connectivity index (χ0n) is 17.2. The predicted octanol–water partition coefficient (Wildman–Crippen LogP) is 4.48. The predicted molar refractivity (Wildman–Crippen MR) is 130 cm³/mol. The van der Waals surface area contributed by atoms with Crippen molar-refractivity contribution < 1.29 is 9.42 Å². The maximum Gasteiger partial charge on any atom is 0.256 e. The van der Waals surface area contributed by atoms with Crippen molar-refractivity contribution in [2.75, 3.05) is 14.4 Å². The van der Waals surface area contributed by atoms with Crippen molar-refractivity contribution in [1.82, 2.24) is 9.97 Å². The van der Waals surface area contributed by atoms with E-state index in [4.69, 9.17) is 5.41 Å². The van der Waals surface area contributed by atoms with Gasteiger partial charge in [0, 0.05) is 29.3 Å². The first-order valence-corrected chi connectivity index (χ1v) is 11.9. The van der Waals surface area contributed by atoms with Crippen LogP contribution >= 0.6 is 22.9 Å². The minimum absolute atomic E-state index is 0.112. The minimum atomic E-state index is -1.06. The molecule has 2 aliphatic rings. The van der Waals surface area contributed by atoms with E-state index in [1.807, 2.05) is 39.0 Å². The van der Waals surface area contributed by atoms with Gasteiger partial charge in [0.05, 0.1) is 45.2 Å². The standard InChI is InChI=1S/C21H24IN5O2S/c1-13(2)17-8-7-15(11-18(17)23)26(22)20-9-10-24-21(25-20)27(28)16-6-5-14(3)19(12-16)30(4)29/h5-12,14,19,23,28H,1-4H3. The molecule has 2 aliphatic carbocycles. The Bertz CT molecular complexity index is 1040. The number of nitrogens with one attached hydrogen (secondary N) is 1. The molecule has 30 heavy (non-hydrogen) atoms. The average Bonchev–Trinajstić information content (AvgIpc) is 2.72. The zero-order chi connectivity index (χ0) is 22.0. The molecule has 0 radical (unpaired) electrons. The van der Waals surface area contributed by atoms with Crippen LogP contribution in [0.25, 0.3) is 0 Å². The number of hydrogen-bond donors (Lipinski definition) is 2. The number of nitrogens with zero attached hydrogens (tertiary/aromatic N) is 4. The summed E-state index contributed by atoms with van der Waals surface area (Å²) in [5.41, 5.74) is 3.71. The summed E-state index contributed by atoms with van der Waals surface area (Å²) in [6.45, 7) is 5.96. The number of hydroxylamine groups is 1. The fourth-order valence-corrected chi connectivity index (χ4v) is 4.76. The highest BCUT2D eigenvalue weighted by atomic mass is 127. The summed E-state index contributed by atoms with van der Waals surface area (Å²) < 4.78 is 13.8. The smallest absolute Gasteiger partial charge is 0.256 e. The van der Waals surface area contributed by atoms with Crippen molar-refractivity contribution in [3.63, 3.8) is 0 Å². The highest BCUT2D eigenvalue weighted by Gasteiger charge is 2.24. The van der Waals surface area contributed by atoms with Gasteiger partial charge in [0.25, 0.3) is 5.95 Å². The number of allylic oxidation sites excluding steroid dienone is 7. The number of aromatic nitrogens is 2. The molecule has 0 saturated heterocycles. The normalized spacial score (nSPS) is 21.8. The van der Waals surface area contributed by atoms with Crippen molar-refractivity contribution in [2.45, 2.75) is 26.0 Å². The maximum absolute atomic E-state index is 12.0. The Labute approximate surface area is 193 Å². The summed E-state index contributed by atoms with van der Waals surface area (Å²) >= 11 is 2.11. The number of rotatable bonds is 5. The van der Waals surface area contributed by atoms with Crippen molar-refractivity contribution in [3.8, 4) is 0 Å². The largest absolute Gasteiger partial charge is 0.300 e. The maximum atomic E-state index is 12.0. The van der Waals surface area contributed by atoms with Crippen molar-refractivity contribution >= 4 is 51.1 Å². The van der Waals surface area contributed by atoms with Gasteiger partial charge in [-0.3, -0.25) is 12.5 Å². The third-order valence-corrected chi connectivity index (χ3v) is 7.22. The topological polar surface area (TPSA) is 93.4 Å². The summed E-state index contributed by atoms with van der Waals surface area (Å²) in [5.74, 6) is 0.796. The van der Waals surface area contributed by atoms with Gasteiger partial charge >= 0.3 is 0 Å². The van der Waals surface area contributed by atoms with E-state index in [0.717, 1.165) is 21.9 Å². The summed E-state index contributed by atoms with van der Waals surface area (Å²) in [7, 11) is -1.06. The van der Waals surface area contributed by atoms with Gasteiger partial charge < -0.3 is 5.41 Å². The van der Waals surface area contributed by atoms with Gasteiger partial charge in [-0.25, -0.2) is 4.98 Å². The van der Waals surface area contributed by atoms with Gasteiger partial charge in [0.15, 0.2) is 0 Å².